The second-order valence-electron chi connectivity index (χ2n) is 5.57. The summed E-state index contributed by atoms with van der Waals surface area (Å²) in [6, 6.07) is 10.7. The van der Waals surface area contributed by atoms with Crippen LogP contribution in [-0.2, 0) is 19.6 Å². The van der Waals surface area contributed by atoms with E-state index in [-0.39, 0.29) is 6.61 Å². The van der Waals surface area contributed by atoms with E-state index in [1.54, 1.807) is 6.20 Å². The maximum atomic E-state index is 9.19. The quantitative estimate of drug-likeness (QED) is 0.733. The number of benzene rings is 1. The molecule has 1 aromatic carbocycles. The minimum atomic E-state index is 0.0154. The Morgan fingerprint density at radius 2 is 1.91 bits per heavy atom. The van der Waals surface area contributed by atoms with Crippen LogP contribution in [0.25, 0.3) is 0 Å². The van der Waals surface area contributed by atoms with Gasteiger partial charge in [0.25, 0.3) is 0 Å². The Balaban J connectivity index is 1.66. The summed E-state index contributed by atoms with van der Waals surface area (Å²) in [5.74, 6) is 0.757. The molecule has 0 saturated heterocycles. The first-order chi connectivity index (χ1) is 10.8. The first kappa shape index (κ1) is 16.7. The summed E-state index contributed by atoms with van der Waals surface area (Å²) in [5.41, 5.74) is 1.42. The Morgan fingerprint density at radius 1 is 1.14 bits per heavy atom. The van der Waals surface area contributed by atoms with Crippen LogP contribution in [-0.4, -0.2) is 39.2 Å². The highest BCUT2D eigenvalue weighted by atomic mass is 16.3. The Bertz CT molecular complexity index is 524. The van der Waals surface area contributed by atoms with Gasteiger partial charge < -0.3 is 14.6 Å². The first-order valence-electron chi connectivity index (χ1n) is 8.20. The van der Waals surface area contributed by atoms with Crippen LogP contribution in [0.1, 0.15) is 31.2 Å². The molecule has 0 radical (unpaired) electrons. The van der Waals surface area contributed by atoms with Crippen molar-refractivity contribution in [3.8, 4) is 0 Å². The summed E-state index contributed by atoms with van der Waals surface area (Å²) in [4.78, 5) is 6.63. The fourth-order valence-corrected chi connectivity index (χ4v) is 2.74. The number of aliphatic hydroxyl groups is 1. The lowest BCUT2D eigenvalue weighted by Crippen LogP contribution is -2.27. The van der Waals surface area contributed by atoms with E-state index in [9.17, 15) is 5.11 Å². The first-order valence-corrected chi connectivity index (χ1v) is 8.20. The highest BCUT2D eigenvalue weighted by Gasteiger charge is 2.04. The van der Waals surface area contributed by atoms with E-state index >= 15 is 0 Å². The lowest BCUT2D eigenvalue weighted by molar-refractivity contribution is 0.257. The van der Waals surface area contributed by atoms with E-state index in [0.717, 1.165) is 44.8 Å². The third-order valence-corrected chi connectivity index (χ3v) is 4.05. The third kappa shape index (κ3) is 5.28. The minimum Gasteiger partial charge on any atom is -0.388 e. The summed E-state index contributed by atoms with van der Waals surface area (Å²) < 4.78 is 2.04. The third-order valence-electron chi connectivity index (χ3n) is 4.05. The Kier molecular flexibility index (Phi) is 7.13. The van der Waals surface area contributed by atoms with Gasteiger partial charge in [-0.2, -0.15) is 0 Å². The molecule has 120 valence electrons. The molecule has 0 amide bonds. The highest BCUT2D eigenvalue weighted by molar-refractivity contribution is 5.14. The summed E-state index contributed by atoms with van der Waals surface area (Å²) in [7, 11) is 0. The molecule has 0 aliphatic carbocycles. The van der Waals surface area contributed by atoms with E-state index in [1.165, 1.54) is 12.0 Å². The number of hydrogen-bond acceptors (Lipinski definition) is 3. The van der Waals surface area contributed by atoms with Crippen LogP contribution in [0.2, 0.25) is 0 Å². The minimum absolute atomic E-state index is 0.0154. The highest BCUT2D eigenvalue weighted by Crippen LogP contribution is 2.05. The smallest absolute Gasteiger partial charge is 0.134 e. The number of imidazole rings is 1. The lowest BCUT2D eigenvalue weighted by atomic mass is 10.1. The van der Waals surface area contributed by atoms with E-state index < -0.39 is 0 Å². The zero-order chi connectivity index (χ0) is 15.6. The zero-order valence-electron chi connectivity index (χ0n) is 13.5. The van der Waals surface area contributed by atoms with Crippen LogP contribution >= 0.6 is 0 Å². The lowest BCUT2D eigenvalue weighted by Gasteiger charge is -2.20. The molecule has 1 aromatic heterocycles. The van der Waals surface area contributed by atoms with E-state index in [4.69, 9.17) is 0 Å². The van der Waals surface area contributed by atoms with Crippen molar-refractivity contribution in [3.05, 3.63) is 54.1 Å². The van der Waals surface area contributed by atoms with Crippen molar-refractivity contribution >= 4 is 0 Å². The number of hydrogen-bond donors (Lipinski definition) is 1. The number of aryl methyl sites for hydroxylation is 2. The van der Waals surface area contributed by atoms with Crippen molar-refractivity contribution in [1.82, 2.24) is 14.5 Å². The van der Waals surface area contributed by atoms with Gasteiger partial charge in [-0.3, -0.25) is 0 Å². The zero-order valence-corrected chi connectivity index (χ0v) is 13.5. The number of nitrogens with zero attached hydrogens (tertiary/aromatic N) is 3. The maximum absolute atomic E-state index is 9.19. The average molecular weight is 301 g/mol. The fourth-order valence-electron chi connectivity index (χ4n) is 2.74. The van der Waals surface area contributed by atoms with Gasteiger partial charge in [0.1, 0.15) is 12.4 Å². The van der Waals surface area contributed by atoms with E-state index in [1.807, 2.05) is 10.8 Å². The maximum Gasteiger partial charge on any atom is 0.134 e. The van der Waals surface area contributed by atoms with Crippen LogP contribution in [0.5, 0.6) is 0 Å². The molecule has 0 fully saturated rings. The molecule has 0 spiro atoms. The summed E-state index contributed by atoms with van der Waals surface area (Å²) in [6.07, 6.45) is 7.13. The summed E-state index contributed by atoms with van der Waals surface area (Å²) in [5, 5.41) is 9.19. The second-order valence-corrected chi connectivity index (χ2v) is 5.57. The van der Waals surface area contributed by atoms with Crippen LogP contribution in [0.3, 0.4) is 0 Å². The topological polar surface area (TPSA) is 41.3 Å². The molecule has 1 N–H and O–H groups in total. The van der Waals surface area contributed by atoms with Gasteiger partial charge in [0, 0.05) is 18.9 Å². The van der Waals surface area contributed by atoms with Gasteiger partial charge in [-0.25, -0.2) is 4.98 Å². The van der Waals surface area contributed by atoms with Crippen molar-refractivity contribution in [1.29, 1.82) is 0 Å². The molecule has 2 rings (SSSR count). The molecule has 2 aromatic rings. The Hall–Kier alpha value is -1.65. The standard InChI is InChI=1S/C18H27N3O/c1-2-20(12-6-10-17-8-4-3-5-9-17)13-7-14-21-15-11-19-18(21)16-22/h3-5,8-9,11,15,22H,2,6-7,10,12-14,16H2,1H3. The van der Waals surface area contributed by atoms with Crippen molar-refractivity contribution in [3.63, 3.8) is 0 Å². The van der Waals surface area contributed by atoms with Crippen LogP contribution in [0, 0.1) is 0 Å². The predicted octanol–water partition coefficient (Wildman–Crippen LogP) is 2.72. The van der Waals surface area contributed by atoms with Crippen LogP contribution < -0.4 is 0 Å². The number of aromatic nitrogens is 2. The molecule has 4 heteroatoms. The van der Waals surface area contributed by atoms with Crippen LogP contribution in [0.4, 0.5) is 0 Å². The van der Waals surface area contributed by atoms with Gasteiger partial charge in [0.2, 0.25) is 0 Å². The average Bonchev–Trinajstić information content (AvgIpc) is 3.02. The van der Waals surface area contributed by atoms with Gasteiger partial charge in [-0.05, 0) is 44.5 Å². The van der Waals surface area contributed by atoms with Crippen LogP contribution in [0.15, 0.2) is 42.7 Å². The molecule has 0 bridgehead atoms. The second kappa shape index (κ2) is 9.38. The summed E-state index contributed by atoms with van der Waals surface area (Å²) in [6.45, 7) is 6.48. The van der Waals surface area contributed by atoms with Crippen molar-refractivity contribution in [2.24, 2.45) is 0 Å². The van der Waals surface area contributed by atoms with Crippen molar-refractivity contribution in [2.75, 3.05) is 19.6 Å². The predicted molar refractivity (Wildman–Crippen MR) is 89.6 cm³/mol. The molecular formula is C18H27N3O. The molecule has 0 atom stereocenters. The number of aliphatic hydroxyl groups excluding tert-OH is 1. The molecule has 0 aliphatic rings. The Labute approximate surface area is 133 Å². The van der Waals surface area contributed by atoms with Gasteiger partial charge in [-0.15, -0.1) is 0 Å². The van der Waals surface area contributed by atoms with Crippen molar-refractivity contribution in [2.45, 2.75) is 39.3 Å². The molecule has 0 aliphatic heterocycles. The van der Waals surface area contributed by atoms with E-state index in [0.29, 0.717) is 0 Å². The van der Waals surface area contributed by atoms with E-state index in [2.05, 4.69) is 47.1 Å². The molecular weight excluding hydrogens is 274 g/mol. The normalized spacial score (nSPS) is 11.2. The monoisotopic (exact) mass is 301 g/mol. The van der Waals surface area contributed by atoms with Gasteiger partial charge in [-0.1, -0.05) is 37.3 Å². The molecule has 4 nitrogen and oxygen atoms in total. The molecule has 0 saturated carbocycles. The van der Waals surface area contributed by atoms with Crippen molar-refractivity contribution < 1.29 is 5.11 Å². The number of rotatable bonds is 10. The molecule has 0 unspecified atom stereocenters. The fraction of sp³-hybridized carbons (Fsp3) is 0.500. The SMILES string of the molecule is CCN(CCCc1ccccc1)CCCn1ccnc1CO. The largest absolute Gasteiger partial charge is 0.388 e. The Morgan fingerprint density at radius 3 is 2.64 bits per heavy atom. The van der Waals surface area contributed by atoms with Gasteiger partial charge >= 0.3 is 0 Å². The van der Waals surface area contributed by atoms with Gasteiger partial charge in [0.15, 0.2) is 0 Å². The molecule has 22 heavy (non-hydrogen) atoms. The summed E-state index contributed by atoms with van der Waals surface area (Å²) >= 11 is 0. The van der Waals surface area contributed by atoms with Gasteiger partial charge in [0.05, 0.1) is 0 Å². The molecule has 1 heterocycles.